The molecule has 0 unspecified atom stereocenters. The smallest absolute Gasteiger partial charge is 0.254 e. The summed E-state index contributed by atoms with van der Waals surface area (Å²) in [5.74, 6) is 0.780. The van der Waals surface area contributed by atoms with Gasteiger partial charge in [0, 0.05) is 38.2 Å². The summed E-state index contributed by atoms with van der Waals surface area (Å²) in [5.41, 5.74) is 2.18. The van der Waals surface area contributed by atoms with Crippen LogP contribution in [0.3, 0.4) is 0 Å². The molecule has 7 nitrogen and oxygen atoms in total. The molecule has 0 bridgehead atoms. The minimum atomic E-state index is -0.0585. The molecule has 0 aliphatic heterocycles. The normalized spacial score (nSPS) is 11.4. The number of amides is 1. The largest absolute Gasteiger partial charge is 0.337 e. The summed E-state index contributed by atoms with van der Waals surface area (Å²) in [6.07, 6.45) is 5.33. The van der Waals surface area contributed by atoms with Gasteiger partial charge in [0.05, 0.1) is 23.7 Å². The maximum atomic E-state index is 13.0. The highest BCUT2D eigenvalue weighted by atomic mass is 16.2. The number of aryl methyl sites for hydroxylation is 2. The van der Waals surface area contributed by atoms with Crippen molar-refractivity contribution in [3.63, 3.8) is 0 Å². The lowest BCUT2D eigenvalue weighted by Gasteiger charge is -2.18. The third-order valence-electron chi connectivity index (χ3n) is 4.06. The number of nitrogens with zero attached hydrogens (tertiary/aromatic N) is 6. The van der Waals surface area contributed by atoms with Crippen LogP contribution >= 0.6 is 0 Å². The number of carbonyl (C=O) groups excluding carboxylic acids is 1. The molecule has 0 atom stereocenters. The minimum Gasteiger partial charge on any atom is -0.337 e. The van der Waals surface area contributed by atoms with Gasteiger partial charge in [0.25, 0.3) is 5.91 Å². The van der Waals surface area contributed by atoms with Gasteiger partial charge in [0.15, 0.2) is 5.65 Å². The van der Waals surface area contributed by atoms with Crippen molar-refractivity contribution in [2.75, 3.05) is 7.05 Å². The first-order chi connectivity index (χ1) is 11.4. The standard InChI is InChI=1S/C17H22N6O/c1-11(2)23-16-14(9-19-23)13(8-12(3)20-16)17(24)22(5)10-15-18-6-7-21(15)4/h6-9,11H,10H2,1-5H3. The van der Waals surface area contributed by atoms with Crippen molar-refractivity contribution in [3.05, 3.63) is 41.7 Å². The first-order valence-electron chi connectivity index (χ1n) is 7.95. The molecular formula is C17H22N6O. The van der Waals surface area contributed by atoms with Gasteiger partial charge in [-0.05, 0) is 26.8 Å². The molecule has 0 spiro atoms. The topological polar surface area (TPSA) is 68.8 Å². The van der Waals surface area contributed by atoms with E-state index in [1.807, 2.05) is 49.3 Å². The van der Waals surface area contributed by atoms with E-state index in [1.165, 1.54) is 0 Å². The van der Waals surface area contributed by atoms with Crippen LogP contribution in [-0.2, 0) is 13.6 Å². The van der Waals surface area contributed by atoms with Crippen molar-refractivity contribution >= 4 is 16.9 Å². The number of rotatable bonds is 4. The maximum absolute atomic E-state index is 13.0. The molecule has 0 N–H and O–H groups in total. The molecule has 0 saturated heterocycles. The van der Waals surface area contributed by atoms with E-state index < -0.39 is 0 Å². The molecule has 0 aliphatic carbocycles. The van der Waals surface area contributed by atoms with E-state index >= 15 is 0 Å². The van der Waals surface area contributed by atoms with Gasteiger partial charge in [-0.15, -0.1) is 0 Å². The van der Waals surface area contributed by atoms with Gasteiger partial charge in [-0.3, -0.25) is 4.79 Å². The average molecular weight is 326 g/mol. The highest BCUT2D eigenvalue weighted by Crippen LogP contribution is 2.22. The Balaban J connectivity index is 1.99. The monoisotopic (exact) mass is 326 g/mol. The fraction of sp³-hybridized carbons (Fsp3) is 0.412. The third-order valence-corrected chi connectivity index (χ3v) is 4.06. The zero-order valence-corrected chi connectivity index (χ0v) is 14.7. The molecule has 0 aromatic carbocycles. The predicted octanol–water partition coefficient (Wildman–Crippen LogP) is 2.33. The Morgan fingerprint density at radius 2 is 2.12 bits per heavy atom. The molecular weight excluding hydrogens is 304 g/mol. The molecule has 0 radical (unpaired) electrons. The number of hydrogen-bond acceptors (Lipinski definition) is 4. The van der Waals surface area contributed by atoms with Gasteiger partial charge >= 0.3 is 0 Å². The van der Waals surface area contributed by atoms with Crippen LogP contribution in [-0.4, -0.2) is 42.2 Å². The second kappa shape index (κ2) is 6.07. The van der Waals surface area contributed by atoms with Crippen LogP contribution in [0.2, 0.25) is 0 Å². The van der Waals surface area contributed by atoms with Gasteiger partial charge < -0.3 is 9.47 Å². The lowest BCUT2D eigenvalue weighted by atomic mass is 10.1. The molecule has 3 aromatic heterocycles. The highest BCUT2D eigenvalue weighted by Gasteiger charge is 2.20. The Morgan fingerprint density at radius 1 is 1.38 bits per heavy atom. The summed E-state index contributed by atoms with van der Waals surface area (Å²) in [5, 5.41) is 5.18. The minimum absolute atomic E-state index is 0.0585. The quantitative estimate of drug-likeness (QED) is 0.738. The maximum Gasteiger partial charge on any atom is 0.254 e. The molecule has 0 saturated carbocycles. The number of hydrogen-bond donors (Lipinski definition) is 0. The summed E-state index contributed by atoms with van der Waals surface area (Å²) < 4.78 is 3.76. The Hall–Kier alpha value is -2.70. The fourth-order valence-electron chi connectivity index (χ4n) is 2.74. The van der Waals surface area contributed by atoms with E-state index in [9.17, 15) is 4.79 Å². The predicted molar refractivity (Wildman–Crippen MR) is 91.7 cm³/mol. The molecule has 7 heteroatoms. The van der Waals surface area contributed by atoms with Crippen molar-refractivity contribution in [3.8, 4) is 0 Å². The SMILES string of the molecule is Cc1cc(C(=O)N(C)Cc2nccn2C)c2cnn(C(C)C)c2n1. The van der Waals surface area contributed by atoms with E-state index in [4.69, 9.17) is 0 Å². The molecule has 0 fully saturated rings. The summed E-state index contributed by atoms with van der Waals surface area (Å²) in [6.45, 7) is 6.44. The summed E-state index contributed by atoms with van der Waals surface area (Å²) in [4.78, 5) is 23.5. The lowest BCUT2D eigenvalue weighted by molar-refractivity contribution is 0.0782. The zero-order chi connectivity index (χ0) is 17.4. The molecule has 3 aromatic rings. The van der Waals surface area contributed by atoms with E-state index in [-0.39, 0.29) is 11.9 Å². The van der Waals surface area contributed by atoms with Crippen LogP contribution in [0.5, 0.6) is 0 Å². The summed E-state index contributed by atoms with van der Waals surface area (Å²) in [6, 6.07) is 2.01. The number of carbonyl (C=O) groups is 1. The fourth-order valence-corrected chi connectivity index (χ4v) is 2.74. The van der Waals surface area contributed by atoms with Gasteiger partial charge in [-0.25, -0.2) is 14.6 Å². The van der Waals surface area contributed by atoms with Crippen LogP contribution < -0.4 is 0 Å². The van der Waals surface area contributed by atoms with Crippen molar-refractivity contribution in [1.82, 2.24) is 29.2 Å². The number of pyridine rings is 1. The van der Waals surface area contributed by atoms with Crippen molar-refractivity contribution < 1.29 is 4.79 Å². The molecule has 0 aliphatic rings. The van der Waals surface area contributed by atoms with Gasteiger partial charge in [0.2, 0.25) is 0 Å². The van der Waals surface area contributed by atoms with Crippen LogP contribution in [0, 0.1) is 6.92 Å². The van der Waals surface area contributed by atoms with Crippen LogP contribution in [0.4, 0.5) is 0 Å². The molecule has 3 rings (SSSR count). The lowest BCUT2D eigenvalue weighted by Crippen LogP contribution is -2.27. The van der Waals surface area contributed by atoms with Gasteiger partial charge in [0.1, 0.15) is 5.82 Å². The number of aromatic nitrogens is 5. The first kappa shape index (κ1) is 16.2. The second-order valence-corrected chi connectivity index (χ2v) is 6.35. The van der Waals surface area contributed by atoms with E-state index in [1.54, 1.807) is 24.3 Å². The Kier molecular flexibility index (Phi) is 4.09. The highest BCUT2D eigenvalue weighted by molar-refractivity contribution is 6.05. The summed E-state index contributed by atoms with van der Waals surface area (Å²) >= 11 is 0. The van der Waals surface area contributed by atoms with E-state index in [0.29, 0.717) is 12.1 Å². The van der Waals surface area contributed by atoms with Crippen molar-refractivity contribution in [1.29, 1.82) is 0 Å². The van der Waals surface area contributed by atoms with E-state index in [0.717, 1.165) is 22.6 Å². The number of imidazole rings is 1. The van der Waals surface area contributed by atoms with Crippen LogP contribution in [0.25, 0.3) is 11.0 Å². The molecule has 3 heterocycles. The number of fused-ring (bicyclic) bond motifs is 1. The van der Waals surface area contributed by atoms with E-state index in [2.05, 4.69) is 15.1 Å². The Morgan fingerprint density at radius 3 is 2.75 bits per heavy atom. The zero-order valence-electron chi connectivity index (χ0n) is 14.7. The van der Waals surface area contributed by atoms with Crippen molar-refractivity contribution in [2.24, 2.45) is 7.05 Å². The molecule has 1 amide bonds. The Bertz CT molecular complexity index is 892. The van der Waals surface area contributed by atoms with Crippen molar-refractivity contribution in [2.45, 2.75) is 33.4 Å². The first-order valence-corrected chi connectivity index (χ1v) is 7.95. The second-order valence-electron chi connectivity index (χ2n) is 6.35. The average Bonchev–Trinajstić information content (AvgIpc) is 3.12. The summed E-state index contributed by atoms with van der Waals surface area (Å²) in [7, 11) is 3.70. The van der Waals surface area contributed by atoms with Gasteiger partial charge in [-0.1, -0.05) is 0 Å². The Labute approximate surface area is 140 Å². The molecule has 24 heavy (non-hydrogen) atoms. The van der Waals surface area contributed by atoms with Crippen LogP contribution in [0.15, 0.2) is 24.7 Å². The van der Waals surface area contributed by atoms with Crippen LogP contribution in [0.1, 0.15) is 41.8 Å². The van der Waals surface area contributed by atoms with Gasteiger partial charge in [-0.2, -0.15) is 5.10 Å². The molecule has 126 valence electrons. The third kappa shape index (κ3) is 2.77.